The predicted octanol–water partition coefficient (Wildman–Crippen LogP) is 1.69. The Hall–Kier alpha value is -0.900. The lowest BCUT2D eigenvalue weighted by Gasteiger charge is -2.45. The predicted molar refractivity (Wildman–Crippen MR) is 67.4 cm³/mol. The lowest BCUT2D eigenvalue weighted by Crippen LogP contribution is -2.48. The fourth-order valence-electron chi connectivity index (χ4n) is 2.52. The van der Waals surface area contributed by atoms with Crippen molar-refractivity contribution in [2.75, 3.05) is 13.2 Å². The summed E-state index contributed by atoms with van der Waals surface area (Å²) in [5.41, 5.74) is 7.00. The number of hydrogen-bond donors (Lipinski definition) is 2. The second-order valence-corrected chi connectivity index (χ2v) is 5.11. The topological polar surface area (TPSA) is 55.5 Å². The van der Waals surface area contributed by atoms with Crippen molar-refractivity contribution in [1.29, 1.82) is 0 Å². The molecule has 1 aliphatic carbocycles. The molecule has 94 valence electrons. The van der Waals surface area contributed by atoms with E-state index in [1.165, 1.54) is 5.56 Å². The Morgan fingerprint density at radius 1 is 1.29 bits per heavy atom. The van der Waals surface area contributed by atoms with Crippen LogP contribution in [0.25, 0.3) is 0 Å². The van der Waals surface area contributed by atoms with Gasteiger partial charge >= 0.3 is 0 Å². The molecule has 0 bridgehead atoms. The van der Waals surface area contributed by atoms with E-state index in [0.29, 0.717) is 13.2 Å². The van der Waals surface area contributed by atoms with Crippen molar-refractivity contribution in [2.45, 2.75) is 31.9 Å². The van der Waals surface area contributed by atoms with Gasteiger partial charge in [0.2, 0.25) is 0 Å². The molecule has 1 aromatic carbocycles. The van der Waals surface area contributed by atoms with Crippen LogP contribution >= 0.6 is 0 Å². The molecule has 0 spiro atoms. The molecule has 0 heterocycles. The van der Waals surface area contributed by atoms with E-state index >= 15 is 0 Å². The van der Waals surface area contributed by atoms with Crippen LogP contribution in [0.4, 0.5) is 0 Å². The Morgan fingerprint density at radius 2 is 2.00 bits per heavy atom. The molecular weight excluding hydrogens is 214 g/mol. The van der Waals surface area contributed by atoms with Gasteiger partial charge in [0.1, 0.15) is 0 Å². The Balaban J connectivity index is 1.66. The first kappa shape index (κ1) is 12.6. The first-order valence-corrected chi connectivity index (χ1v) is 6.22. The van der Waals surface area contributed by atoms with Crippen LogP contribution in [0.15, 0.2) is 30.3 Å². The first-order valence-electron chi connectivity index (χ1n) is 6.22. The molecule has 3 heteroatoms. The highest BCUT2D eigenvalue weighted by atomic mass is 16.5. The molecule has 0 saturated heterocycles. The molecule has 0 radical (unpaired) electrons. The van der Waals surface area contributed by atoms with Crippen LogP contribution in [0.3, 0.4) is 0 Å². The molecular formula is C14H21NO2. The average molecular weight is 235 g/mol. The maximum atomic E-state index is 9.36. The summed E-state index contributed by atoms with van der Waals surface area (Å²) in [6.07, 6.45) is 2.76. The Kier molecular flexibility index (Phi) is 4.15. The molecule has 0 aromatic heterocycles. The van der Waals surface area contributed by atoms with Gasteiger partial charge in [-0.3, -0.25) is 0 Å². The maximum absolute atomic E-state index is 9.36. The third kappa shape index (κ3) is 3.28. The number of ether oxygens (including phenoxy) is 1. The minimum atomic E-state index is 0.0378. The molecule has 1 fully saturated rings. The van der Waals surface area contributed by atoms with Gasteiger partial charge in [-0.25, -0.2) is 0 Å². The van der Waals surface area contributed by atoms with E-state index < -0.39 is 0 Å². The summed E-state index contributed by atoms with van der Waals surface area (Å²) in [5, 5.41) is 9.36. The van der Waals surface area contributed by atoms with E-state index in [4.69, 9.17) is 10.5 Å². The Labute approximate surface area is 103 Å². The van der Waals surface area contributed by atoms with Crippen LogP contribution in [-0.2, 0) is 11.3 Å². The first-order chi connectivity index (χ1) is 8.24. The van der Waals surface area contributed by atoms with E-state index in [0.717, 1.165) is 19.3 Å². The van der Waals surface area contributed by atoms with E-state index in [1.807, 2.05) is 18.2 Å². The number of nitrogens with two attached hydrogens (primary N) is 1. The summed E-state index contributed by atoms with van der Waals surface area (Å²) in [4.78, 5) is 0. The second kappa shape index (κ2) is 5.63. The molecule has 0 atom stereocenters. The molecule has 1 aromatic rings. The van der Waals surface area contributed by atoms with Crippen molar-refractivity contribution in [3.8, 4) is 0 Å². The summed E-state index contributed by atoms with van der Waals surface area (Å²) < 4.78 is 5.64. The van der Waals surface area contributed by atoms with Gasteiger partial charge in [0.25, 0.3) is 0 Å². The Bertz CT molecular complexity index is 333. The van der Waals surface area contributed by atoms with E-state index in [1.54, 1.807) is 0 Å². The zero-order valence-corrected chi connectivity index (χ0v) is 10.1. The van der Waals surface area contributed by atoms with Crippen molar-refractivity contribution in [2.24, 2.45) is 11.1 Å². The number of hydrogen-bond acceptors (Lipinski definition) is 3. The molecule has 1 saturated carbocycles. The van der Waals surface area contributed by atoms with Crippen LogP contribution in [0, 0.1) is 5.41 Å². The lowest BCUT2D eigenvalue weighted by molar-refractivity contribution is -0.0114. The smallest absolute Gasteiger partial charge is 0.0716 e. The van der Waals surface area contributed by atoms with Crippen molar-refractivity contribution in [3.63, 3.8) is 0 Å². The van der Waals surface area contributed by atoms with Gasteiger partial charge in [0.15, 0.2) is 0 Å². The third-order valence-electron chi connectivity index (χ3n) is 3.61. The third-order valence-corrected chi connectivity index (χ3v) is 3.61. The second-order valence-electron chi connectivity index (χ2n) is 5.11. The zero-order valence-electron chi connectivity index (χ0n) is 10.1. The van der Waals surface area contributed by atoms with E-state index in [-0.39, 0.29) is 18.1 Å². The van der Waals surface area contributed by atoms with Crippen LogP contribution in [0.2, 0.25) is 0 Å². The van der Waals surface area contributed by atoms with Gasteiger partial charge in [0.05, 0.1) is 6.61 Å². The van der Waals surface area contributed by atoms with Crippen molar-refractivity contribution in [1.82, 2.24) is 0 Å². The van der Waals surface area contributed by atoms with Gasteiger partial charge < -0.3 is 15.6 Å². The lowest BCUT2D eigenvalue weighted by atomic mass is 9.64. The SMILES string of the molecule is NC1CC(CO)(CCOCc2ccccc2)C1. The van der Waals surface area contributed by atoms with Gasteiger partial charge in [-0.15, -0.1) is 0 Å². The molecule has 0 aliphatic heterocycles. The molecule has 2 rings (SSSR count). The summed E-state index contributed by atoms with van der Waals surface area (Å²) >= 11 is 0. The van der Waals surface area contributed by atoms with Crippen molar-refractivity contribution < 1.29 is 9.84 Å². The monoisotopic (exact) mass is 235 g/mol. The summed E-state index contributed by atoms with van der Waals surface area (Å²) in [7, 11) is 0. The highest BCUT2D eigenvalue weighted by Gasteiger charge is 2.41. The maximum Gasteiger partial charge on any atom is 0.0716 e. The van der Waals surface area contributed by atoms with Crippen LogP contribution in [-0.4, -0.2) is 24.4 Å². The largest absolute Gasteiger partial charge is 0.396 e. The standard InChI is InChI=1S/C14H21NO2/c15-13-8-14(9-13,11-16)6-7-17-10-12-4-2-1-3-5-12/h1-5,13,16H,6-11,15H2. The van der Waals surface area contributed by atoms with Gasteiger partial charge in [-0.2, -0.15) is 0 Å². The molecule has 1 aliphatic rings. The normalized spacial score (nSPS) is 27.8. The van der Waals surface area contributed by atoms with Crippen LogP contribution in [0.1, 0.15) is 24.8 Å². The Morgan fingerprint density at radius 3 is 2.59 bits per heavy atom. The number of aliphatic hydroxyl groups excluding tert-OH is 1. The number of benzene rings is 1. The van der Waals surface area contributed by atoms with Gasteiger partial charge in [-0.05, 0) is 30.2 Å². The molecule has 3 N–H and O–H groups in total. The fourth-order valence-corrected chi connectivity index (χ4v) is 2.52. The minimum absolute atomic E-state index is 0.0378. The summed E-state index contributed by atoms with van der Waals surface area (Å²) in [5.74, 6) is 0. The van der Waals surface area contributed by atoms with Crippen LogP contribution in [0.5, 0.6) is 0 Å². The minimum Gasteiger partial charge on any atom is -0.396 e. The van der Waals surface area contributed by atoms with Crippen molar-refractivity contribution in [3.05, 3.63) is 35.9 Å². The quantitative estimate of drug-likeness (QED) is 0.738. The fraction of sp³-hybridized carbons (Fsp3) is 0.571. The van der Waals surface area contributed by atoms with Gasteiger partial charge in [0, 0.05) is 19.3 Å². The highest BCUT2D eigenvalue weighted by molar-refractivity contribution is 5.13. The van der Waals surface area contributed by atoms with Crippen LogP contribution < -0.4 is 5.73 Å². The molecule has 0 amide bonds. The average Bonchev–Trinajstić information content (AvgIpc) is 2.33. The van der Waals surface area contributed by atoms with E-state index in [9.17, 15) is 5.11 Å². The summed E-state index contributed by atoms with van der Waals surface area (Å²) in [6.45, 7) is 1.58. The molecule has 3 nitrogen and oxygen atoms in total. The highest BCUT2D eigenvalue weighted by Crippen LogP contribution is 2.42. The number of aliphatic hydroxyl groups is 1. The molecule has 17 heavy (non-hydrogen) atoms. The number of rotatable bonds is 6. The summed E-state index contributed by atoms with van der Waals surface area (Å²) in [6, 6.07) is 10.4. The molecule has 0 unspecified atom stereocenters. The zero-order chi connectivity index (χ0) is 12.1. The van der Waals surface area contributed by atoms with Gasteiger partial charge in [-0.1, -0.05) is 30.3 Å². The van der Waals surface area contributed by atoms with E-state index in [2.05, 4.69) is 12.1 Å². The van der Waals surface area contributed by atoms with Crippen molar-refractivity contribution >= 4 is 0 Å².